The number of hydrogen-bond acceptors (Lipinski definition) is 4. The Bertz CT molecular complexity index is 1220. The number of fused-ring (bicyclic) bond motifs is 1. The van der Waals surface area contributed by atoms with E-state index in [1.165, 1.54) is 28.0 Å². The maximum Gasteiger partial charge on any atom is 0.310 e. The number of nitrogens with zero attached hydrogens (tertiary/aromatic N) is 2. The van der Waals surface area contributed by atoms with Crippen molar-refractivity contribution in [2.24, 2.45) is 0 Å². The van der Waals surface area contributed by atoms with Crippen LogP contribution in [0.15, 0.2) is 52.6 Å². The molecule has 0 saturated heterocycles. The molecule has 0 aliphatic heterocycles. The van der Waals surface area contributed by atoms with Crippen LogP contribution in [0.25, 0.3) is 15.9 Å². The molecule has 0 N–H and O–H groups in total. The Morgan fingerprint density at radius 2 is 1.81 bits per heavy atom. The highest BCUT2D eigenvalue weighted by Gasteiger charge is 2.18. The van der Waals surface area contributed by atoms with E-state index in [0.717, 1.165) is 11.6 Å². The van der Waals surface area contributed by atoms with E-state index in [0.29, 0.717) is 20.9 Å². The quantitative estimate of drug-likeness (QED) is 0.408. The number of benzene rings is 2. The Kier molecular flexibility index (Phi) is 4.63. The second kappa shape index (κ2) is 6.96. The third kappa shape index (κ3) is 3.32. The van der Waals surface area contributed by atoms with E-state index in [1.54, 1.807) is 24.3 Å². The summed E-state index contributed by atoms with van der Waals surface area (Å²) >= 11 is 13.0. The van der Waals surface area contributed by atoms with Crippen LogP contribution in [0.2, 0.25) is 10.0 Å². The SMILES string of the molecule is Cc1csc2c(=O)n(-c3ccc(Cl)cc3)c(Oc3ccc(Cl)cc3F)nc12. The summed E-state index contributed by atoms with van der Waals surface area (Å²) in [5.74, 6) is -0.734. The summed E-state index contributed by atoms with van der Waals surface area (Å²) in [5, 5.41) is 2.61. The minimum Gasteiger partial charge on any atom is -0.422 e. The number of aryl methyl sites for hydroxylation is 1. The average Bonchev–Trinajstić information content (AvgIpc) is 3.00. The second-order valence-corrected chi connectivity index (χ2v) is 7.54. The fourth-order valence-corrected chi connectivity index (χ4v) is 3.81. The van der Waals surface area contributed by atoms with Crippen molar-refractivity contribution in [3.63, 3.8) is 0 Å². The fraction of sp³-hybridized carbons (Fsp3) is 0.0526. The minimum absolute atomic E-state index is 0.0439. The Morgan fingerprint density at radius 1 is 1.11 bits per heavy atom. The smallest absolute Gasteiger partial charge is 0.310 e. The molecule has 4 aromatic rings. The summed E-state index contributed by atoms with van der Waals surface area (Å²) in [4.78, 5) is 17.6. The van der Waals surface area contributed by atoms with Crippen molar-refractivity contribution in [1.82, 2.24) is 9.55 Å². The molecule has 0 radical (unpaired) electrons. The summed E-state index contributed by atoms with van der Waals surface area (Å²) in [7, 11) is 0. The molecule has 0 aliphatic carbocycles. The van der Waals surface area contributed by atoms with Gasteiger partial charge in [0.05, 0.1) is 11.2 Å². The van der Waals surface area contributed by atoms with Crippen molar-refractivity contribution >= 4 is 44.8 Å². The predicted octanol–water partition coefficient (Wildman–Crippen LogP) is 5.99. The lowest BCUT2D eigenvalue weighted by atomic mass is 10.3. The van der Waals surface area contributed by atoms with Gasteiger partial charge >= 0.3 is 6.01 Å². The first-order valence-electron chi connectivity index (χ1n) is 7.84. The zero-order valence-electron chi connectivity index (χ0n) is 13.9. The van der Waals surface area contributed by atoms with Crippen LogP contribution in [-0.2, 0) is 0 Å². The highest BCUT2D eigenvalue weighted by atomic mass is 35.5. The summed E-state index contributed by atoms with van der Waals surface area (Å²) in [6.07, 6.45) is 0. The lowest BCUT2D eigenvalue weighted by molar-refractivity contribution is 0.400. The third-order valence-electron chi connectivity index (χ3n) is 3.92. The van der Waals surface area contributed by atoms with Gasteiger partial charge in [0.1, 0.15) is 4.70 Å². The van der Waals surface area contributed by atoms with Gasteiger partial charge in [-0.2, -0.15) is 4.98 Å². The molecule has 2 heterocycles. The normalized spacial score (nSPS) is 11.1. The first-order valence-corrected chi connectivity index (χ1v) is 9.47. The zero-order chi connectivity index (χ0) is 19.1. The number of rotatable bonds is 3. The molecule has 0 amide bonds. The largest absolute Gasteiger partial charge is 0.422 e. The van der Waals surface area contributed by atoms with Crippen LogP contribution < -0.4 is 10.3 Å². The molecule has 0 spiro atoms. The van der Waals surface area contributed by atoms with Crippen molar-refractivity contribution in [3.8, 4) is 17.4 Å². The maximum atomic E-state index is 14.2. The molecular formula is C19H11Cl2FN2O2S. The molecule has 8 heteroatoms. The van der Waals surface area contributed by atoms with Crippen molar-refractivity contribution in [2.75, 3.05) is 0 Å². The fourth-order valence-electron chi connectivity index (χ4n) is 2.61. The second-order valence-electron chi connectivity index (χ2n) is 5.78. The van der Waals surface area contributed by atoms with Crippen LogP contribution in [0, 0.1) is 12.7 Å². The predicted molar refractivity (Wildman–Crippen MR) is 106 cm³/mol. The highest BCUT2D eigenvalue weighted by Crippen LogP contribution is 2.30. The van der Waals surface area contributed by atoms with Gasteiger partial charge in [-0.25, -0.2) is 8.96 Å². The van der Waals surface area contributed by atoms with E-state index in [4.69, 9.17) is 27.9 Å². The number of thiophene rings is 1. The molecular weight excluding hydrogens is 410 g/mol. The van der Waals surface area contributed by atoms with Crippen molar-refractivity contribution in [3.05, 3.63) is 79.6 Å². The van der Waals surface area contributed by atoms with Gasteiger partial charge in [0, 0.05) is 10.0 Å². The molecule has 4 nitrogen and oxygen atoms in total. The van der Waals surface area contributed by atoms with Crippen LogP contribution in [0.4, 0.5) is 4.39 Å². The summed E-state index contributed by atoms with van der Waals surface area (Å²) in [6, 6.07) is 10.6. The van der Waals surface area contributed by atoms with Crippen LogP contribution in [0.5, 0.6) is 11.8 Å². The van der Waals surface area contributed by atoms with Crippen LogP contribution in [-0.4, -0.2) is 9.55 Å². The van der Waals surface area contributed by atoms with Crippen LogP contribution >= 0.6 is 34.5 Å². The van der Waals surface area contributed by atoms with Crippen molar-refractivity contribution < 1.29 is 9.13 Å². The van der Waals surface area contributed by atoms with E-state index in [-0.39, 0.29) is 22.3 Å². The minimum atomic E-state index is -0.651. The molecule has 0 saturated carbocycles. The lowest BCUT2D eigenvalue weighted by Gasteiger charge is -2.13. The topological polar surface area (TPSA) is 44.1 Å². The molecule has 2 aromatic carbocycles. The Labute approximate surface area is 167 Å². The van der Waals surface area contributed by atoms with E-state index in [1.807, 2.05) is 12.3 Å². The Hall–Kier alpha value is -2.41. The van der Waals surface area contributed by atoms with Gasteiger partial charge in [-0.1, -0.05) is 23.2 Å². The van der Waals surface area contributed by atoms with Gasteiger partial charge in [0.2, 0.25) is 0 Å². The molecule has 2 aromatic heterocycles. The van der Waals surface area contributed by atoms with E-state index in [9.17, 15) is 9.18 Å². The Balaban J connectivity index is 1.96. The van der Waals surface area contributed by atoms with Gasteiger partial charge in [-0.3, -0.25) is 4.79 Å². The molecule has 0 atom stereocenters. The summed E-state index contributed by atoms with van der Waals surface area (Å²) in [6.45, 7) is 1.85. The molecule has 0 unspecified atom stereocenters. The maximum absolute atomic E-state index is 14.2. The third-order valence-corrected chi connectivity index (χ3v) is 5.48. The van der Waals surface area contributed by atoms with Crippen molar-refractivity contribution in [1.29, 1.82) is 0 Å². The van der Waals surface area contributed by atoms with E-state index < -0.39 is 5.82 Å². The first-order chi connectivity index (χ1) is 12.9. The summed E-state index contributed by atoms with van der Waals surface area (Å²) < 4.78 is 21.7. The van der Waals surface area contributed by atoms with Gasteiger partial charge in [0.15, 0.2) is 11.6 Å². The van der Waals surface area contributed by atoms with E-state index in [2.05, 4.69) is 4.98 Å². The molecule has 4 rings (SSSR count). The monoisotopic (exact) mass is 420 g/mol. The van der Waals surface area contributed by atoms with Crippen LogP contribution in [0.1, 0.15) is 5.56 Å². The first kappa shape index (κ1) is 18.0. The molecule has 0 fully saturated rings. The standard InChI is InChI=1S/C19H11Cl2FN2O2S/c1-10-9-27-17-16(10)23-19(26-15-7-4-12(21)8-14(15)22)24(18(17)25)13-5-2-11(20)3-6-13/h2-9H,1H3. The molecule has 0 bridgehead atoms. The van der Waals surface area contributed by atoms with E-state index >= 15 is 0 Å². The number of hydrogen-bond donors (Lipinski definition) is 0. The average molecular weight is 421 g/mol. The van der Waals surface area contributed by atoms with Gasteiger partial charge in [0.25, 0.3) is 5.56 Å². The Morgan fingerprint density at radius 3 is 2.52 bits per heavy atom. The van der Waals surface area contributed by atoms with Crippen LogP contribution in [0.3, 0.4) is 0 Å². The number of ether oxygens (including phenoxy) is 1. The molecule has 0 aliphatic rings. The number of halogens is 3. The summed E-state index contributed by atoms with van der Waals surface area (Å²) in [5.41, 5.74) is 1.58. The lowest BCUT2D eigenvalue weighted by Crippen LogP contribution is -2.20. The molecule has 136 valence electrons. The van der Waals surface area contributed by atoms with Gasteiger partial charge in [-0.15, -0.1) is 11.3 Å². The van der Waals surface area contributed by atoms with Gasteiger partial charge in [-0.05, 0) is 60.3 Å². The zero-order valence-corrected chi connectivity index (χ0v) is 16.2. The van der Waals surface area contributed by atoms with Gasteiger partial charge < -0.3 is 4.74 Å². The van der Waals surface area contributed by atoms with Crippen molar-refractivity contribution in [2.45, 2.75) is 6.92 Å². The molecule has 27 heavy (non-hydrogen) atoms. The highest BCUT2D eigenvalue weighted by molar-refractivity contribution is 7.17. The number of aromatic nitrogens is 2.